The highest BCUT2D eigenvalue weighted by molar-refractivity contribution is 5.98. The fourth-order valence-corrected chi connectivity index (χ4v) is 3.81. The van der Waals surface area contributed by atoms with Crippen molar-refractivity contribution in [3.05, 3.63) is 65.5 Å². The molecule has 0 spiro atoms. The summed E-state index contributed by atoms with van der Waals surface area (Å²) in [5.74, 6) is -2.79. The number of hydrogen-bond acceptors (Lipinski definition) is 4. The van der Waals surface area contributed by atoms with E-state index in [1.165, 1.54) is 12.3 Å². The number of hydrogen-bond donors (Lipinski definition) is 1. The minimum atomic E-state index is -5.17. The Morgan fingerprint density at radius 3 is 2.76 bits per heavy atom. The number of carbonyl (C=O) groups is 2. The Hall–Kier alpha value is -3.62. The van der Waals surface area contributed by atoms with Gasteiger partial charge in [0.25, 0.3) is 5.91 Å². The van der Waals surface area contributed by atoms with Gasteiger partial charge in [0.2, 0.25) is 0 Å². The average molecular weight is 457 g/mol. The van der Waals surface area contributed by atoms with Crippen LogP contribution in [-0.2, 0) is 17.6 Å². The number of carbonyl (C=O) groups excluding carboxylic acids is 2. The molecule has 3 aromatic rings. The topological polar surface area (TPSA) is 73.2 Å². The Kier molecular flexibility index (Phi) is 6.22. The van der Waals surface area contributed by atoms with Gasteiger partial charge in [0, 0.05) is 30.3 Å². The molecule has 0 aliphatic carbocycles. The van der Waals surface area contributed by atoms with E-state index in [9.17, 15) is 22.8 Å². The zero-order chi connectivity index (χ0) is 23.6. The second-order valence-corrected chi connectivity index (χ2v) is 7.80. The first-order valence-electron chi connectivity index (χ1n) is 10.7. The van der Waals surface area contributed by atoms with Crippen LogP contribution in [-0.4, -0.2) is 34.3 Å². The van der Waals surface area contributed by atoms with E-state index in [1.54, 1.807) is 12.1 Å². The number of nitrogens with zero attached hydrogens (tertiary/aromatic N) is 2. The van der Waals surface area contributed by atoms with Gasteiger partial charge in [0.1, 0.15) is 0 Å². The highest BCUT2D eigenvalue weighted by Crippen LogP contribution is 2.30. The molecular weight excluding hydrogens is 435 g/mol. The van der Waals surface area contributed by atoms with Gasteiger partial charge >= 0.3 is 12.1 Å². The molecule has 2 aromatic heterocycles. The van der Waals surface area contributed by atoms with Gasteiger partial charge in [-0.15, -0.1) is 0 Å². The van der Waals surface area contributed by atoms with E-state index in [2.05, 4.69) is 17.2 Å². The third-order valence-electron chi connectivity index (χ3n) is 5.45. The van der Waals surface area contributed by atoms with E-state index >= 15 is 0 Å². The van der Waals surface area contributed by atoms with Crippen LogP contribution in [0.2, 0.25) is 0 Å². The molecule has 0 fully saturated rings. The summed E-state index contributed by atoms with van der Waals surface area (Å²) in [4.78, 5) is 33.0. The van der Waals surface area contributed by atoms with E-state index in [-0.39, 0.29) is 29.9 Å². The number of aryl methyl sites for hydroxylation is 1. The van der Waals surface area contributed by atoms with Crippen LogP contribution in [0.15, 0.2) is 48.7 Å². The molecule has 1 aliphatic heterocycles. The number of fused-ring (bicyclic) bond motifs is 1. The molecule has 33 heavy (non-hydrogen) atoms. The number of rotatable bonds is 6. The number of amides is 1. The molecule has 4 rings (SSSR count). The molecule has 0 radical (unpaired) electrons. The standard InChI is InChI=1S/C24H22F3N3O3/c1-2-3-5-15-6-4-7-16(12-15)19-13-17(8-10-28-19)21-14-18-20(9-11-29-22(18)31)30(21)33-23(32)24(25,26)27/h4,6-8,10,12-14H,2-3,5,9,11H2,1H3,(H,29,31). The zero-order valence-electron chi connectivity index (χ0n) is 17.9. The number of pyridine rings is 1. The molecule has 3 heterocycles. The highest BCUT2D eigenvalue weighted by Gasteiger charge is 2.43. The molecule has 9 heteroatoms. The van der Waals surface area contributed by atoms with Crippen molar-refractivity contribution in [1.29, 1.82) is 0 Å². The summed E-state index contributed by atoms with van der Waals surface area (Å²) >= 11 is 0. The monoisotopic (exact) mass is 457 g/mol. The van der Waals surface area contributed by atoms with E-state index in [1.807, 2.05) is 24.3 Å². The van der Waals surface area contributed by atoms with Crippen molar-refractivity contribution >= 4 is 11.9 Å². The quantitative estimate of drug-likeness (QED) is 0.597. The van der Waals surface area contributed by atoms with Crippen molar-refractivity contribution in [2.24, 2.45) is 0 Å². The second kappa shape index (κ2) is 9.09. The normalized spacial score (nSPS) is 13.4. The van der Waals surface area contributed by atoms with E-state index in [0.29, 0.717) is 11.3 Å². The third kappa shape index (κ3) is 4.76. The van der Waals surface area contributed by atoms with E-state index in [4.69, 9.17) is 4.84 Å². The van der Waals surface area contributed by atoms with Gasteiger partial charge in [-0.25, -0.2) is 4.79 Å². The number of aromatic nitrogens is 2. The van der Waals surface area contributed by atoms with Crippen LogP contribution in [0.5, 0.6) is 0 Å². The number of alkyl halides is 3. The maximum atomic E-state index is 12.9. The van der Waals surface area contributed by atoms with Crippen molar-refractivity contribution in [1.82, 2.24) is 15.0 Å². The molecular formula is C24H22F3N3O3. The predicted octanol–water partition coefficient (Wildman–Crippen LogP) is 4.36. The number of nitrogens with one attached hydrogen (secondary N) is 1. The Morgan fingerprint density at radius 2 is 2.00 bits per heavy atom. The van der Waals surface area contributed by atoms with Gasteiger partial charge in [0.05, 0.1) is 22.6 Å². The third-order valence-corrected chi connectivity index (χ3v) is 5.45. The lowest BCUT2D eigenvalue weighted by Crippen LogP contribution is -2.37. The summed E-state index contributed by atoms with van der Waals surface area (Å²) < 4.78 is 39.6. The molecule has 0 atom stereocenters. The van der Waals surface area contributed by atoms with Crippen LogP contribution in [0.4, 0.5) is 13.2 Å². The molecule has 1 N–H and O–H groups in total. The van der Waals surface area contributed by atoms with Gasteiger partial charge in [0.15, 0.2) is 0 Å². The lowest BCUT2D eigenvalue weighted by Gasteiger charge is -2.17. The predicted molar refractivity (Wildman–Crippen MR) is 115 cm³/mol. The summed E-state index contributed by atoms with van der Waals surface area (Å²) in [7, 11) is 0. The van der Waals surface area contributed by atoms with Gasteiger partial charge in [-0.2, -0.15) is 17.9 Å². The van der Waals surface area contributed by atoms with Crippen molar-refractivity contribution in [3.8, 4) is 22.5 Å². The van der Waals surface area contributed by atoms with Gasteiger partial charge in [-0.1, -0.05) is 31.5 Å². The fraction of sp³-hybridized carbons (Fsp3) is 0.292. The van der Waals surface area contributed by atoms with Crippen LogP contribution < -0.4 is 10.2 Å². The smallest absolute Gasteiger partial charge is 0.352 e. The number of halogens is 3. The Morgan fingerprint density at radius 1 is 1.18 bits per heavy atom. The highest BCUT2D eigenvalue weighted by atomic mass is 19.4. The fourth-order valence-electron chi connectivity index (χ4n) is 3.81. The Bertz CT molecular complexity index is 1200. The second-order valence-electron chi connectivity index (χ2n) is 7.80. The van der Waals surface area contributed by atoms with Gasteiger partial charge in [-0.05, 0) is 42.7 Å². The van der Waals surface area contributed by atoms with Crippen molar-refractivity contribution in [2.45, 2.75) is 38.8 Å². The minimum Gasteiger partial charge on any atom is -0.352 e. The first-order valence-corrected chi connectivity index (χ1v) is 10.7. The van der Waals surface area contributed by atoms with Gasteiger partial charge in [-0.3, -0.25) is 9.78 Å². The van der Waals surface area contributed by atoms with Gasteiger partial charge < -0.3 is 10.2 Å². The summed E-state index contributed by atoms with van der Waals surface area (Å²) in [6.45, 7) is 2.35. The Labute approximate surface area is 188 Å². The lowest BCUT2D eigenvalue weighted by atomic mass is 10.0. The van der Waals surface area contributed by atoms with Crippen LogP contribution in [0.25, 0.3) is 22.5 Å². The van der Waals surface area contributed by atoms with E-state index in [0.717, 1.165) is 35.1 Å². The van der Waals surface area contributed by atoms with Crippen molar-refractivity contribution < 1.29 is 27.6 Å². The molecule has 0 bridgehead atoms. The minimum absolute atomic E-state index is 0.167. The summed E-state index contributed by atoms with van der Waals surface area (Å²) in [6, 6.07) is 12.6. The van der Waals surface area contributed by atoms with Crippen molar-refractivity contribution in [3.63, 3.8) is 0 Å². The van der Waals surface area contributed by atoms with Crippen LogP contribution >= 0.6 is 0 Å². The largest absolute Gasteiger partial charge is 0.493 e. The first-order chi connectivity index (χ1) is 15.8. The number of benzene rings is 1. The zero-order valence-corrected chi connectivity index (χ0v) is 17.9. The SMILES string of the molecule is CCCCc1cccc(-c2cc(-c3cc4c(n3OC(=O)C(F)(F)F)CCNC4=O)ccn2)c1. The molecule has 6 nitrogen and oxygen atoms in total. The number of unbranched alkanes of at least 4 members (excludes halogenated alkanes) is 1. The first kappa shape index (κ1) is 22.6. The Balaban J connectivity index is 1.77. The molecule has 0 saturated heterocycles. The van der Waals surface area contributed by atoms with E-state index < -0.39 is 18.1 Å². The molecule has 172 valence electrons. The maximum Gasteiger partial charge on any atom is 0.493 e. The summed E-state index contributed by atoms with van der Waals surface area (Å²) in [5, 5.41) is 2.65. The van der Waals surface area contributed by atoms with Crippen LogP contribution in [0, 0.1) is 0 Å². The summed E-state index contributed by atoms with van der Waals surface area (Å²) in [5.41, 5.74) is 3.66. The lowest BCUT2D eigenvalue weighted by molar-refractivity contribution is -0.199. The average Bonchev–Trinajstić information content (AvgIpc) is 3.17. The molecule has 0 saturated carbocycles. The molecule has 0 unspecified atom stereocenters. The molecule has 1 aromatic carbocycles. The molecule has 1 aliphatic rings. The van der Waals surface area contributed by atoms with Crippen LogP contribution in [0.3, 0.4) is 0 Å². The van der Waals surface area contributed by atoms with Crippen LogP contribution in [0.1, 0.15) is 41.4 Å². The van der Waals surface area contributed by atoms with Crippen molar-refractivity contribution in [2.75, 3.05) is 6.54 Å². The molecule has 1 amide bonds. The summed E-state index contributed by atoms with van der Waals surface area (Å²) in [6.07, 6.45) is -0.350. The maximum absolute atomic E-state index is 12.9.